The monoisotopic (exact) mass is 345 g/mol. The number of carbonyl (C=O) groups excluding carboxylic acids is 1. The van der Waals surface area contributed by atoms with Crippen molar-refractivity contribution in [3.05, 3.63) is 41.2 Å². The SMILES string of the molecule is COc1cc(CNC(=O)[C@H]2CCO[C@@H]2c2cnn(C)c2C)ccc1O. The third-order valence-corrected chi connectivity index (χ3v) is 4.72. The summed E-state index contributed by atoms with van der Waals surface area (Å²) in [6.45, 7) is 2.90. The Kier molecular flexibility index (Phi) is 4.94. The molecule has 1 aliphatic heterocycles. The number of phenols is 1. The third kappa shape index (κ3) is 3.46. The van der Waals surface area contributed by atoms with Crippen LogP contribution < -0.4 is 10.1 Å². The summed E-state index contributed by atoms with van der Waals surface area (Å²) in [4.78, 5) is 12.6. The number of hydrogen-bond donors (Lipinski definition) is 2. The maximum absolute atomic E-state index is 12.6. The Labute approximate surface area is 146 Å². The molecule has 1 aromatic heterocycles. The van der Waals surface area contributed by atoms with Gasteiger partial charge in [-0.15, -0.1) is 0 Å². The standard InChI is InChI=1S/C18H23N3O4/c1-11-14(10-20-21(11)2)17-13(6-7-25-17)18(23)19-9-12-4-5-15(22)16(8-12)24-3/h4-5,8,10,13,17,22H,6-7,9H2,1-3H3,(H,19,23)/t13-,17-/m0/s1. The highest BCUT2D eigenvalue weighted by atomic mass is 16.5. The van der Waals surface area contributed by atoms with Crippen molar-refractivity contribution in [1.29, 1.82) is 0 Å². The van der Waals surface area contributed by atoms with Gasteiger partial charge in [0.15, 0.2) is 11.5 Å². The summed E-state index contributed by atoms with van der Waals surface area (Å²) < 4.78 is 12.7. The molecule has 0 bridgehead atoms. The van der Waals surface area contributed by atoms with E-state index in [4.69, 9.17) is 9.47 Å². The van der Waals surface area contributed by atoms with Crippen LogP contribution in [0.3, 0.4) is 0 Å². The molecule has 0 aliphatic carbocycles. The van der Waals surface area contributed by atoms with Crippen LogP contribution >= 0.6 is 0 Å². The summed E-state index contributed by atoms with van der Waals surface area (Å²) in [7, 11) is 3.37. The average Bonchev–Trinajstić information content (AvgIpc) is 3.21. The summed E-state index contributed by atoms with van der Waals surface area (Å²) in [5.41, 5.74) is 2.83. The van der Waals surface area contributed by atoms with Crippen LogP contribution in [0, 0.1) is 12.8 Å². The molecule has 3 rings (SSSR count). The highest BCUT2D eigenvalue weighted by Crippen LogP contribution is 2.36. The molecule has 2 aromatic rings. The number of aromatic hydroxyl groups is 1. The van der Waals surface area contributed by atoms with Gasteiger partial charge in [-0.05, 0) is 31.0 Å². The van der Waals surface area contributed by atoms with Gasteiger partial charge in [0.2, 0.25) is 5.91 Å². The first-order valence-corrected chi connectivity index (χ1v) is 8.25. The molecular formula is C18H23N3O4. The summed E-state index contributed by atoms with van der Waals surface area (Å²) >= 11 is 0. The fourth-order valence-corrected chi connectivity index (χ4v) is 3.11. The lowest BCUT2D eigenvalue weighted by molar-refractivity contribution is -0.126. The molecule has 2 atom stereocenters. The van der Waals surface area contributed by atoms with E-state index < -0.39 is 0 Å². The zero-order valence-electron chi connectivity index (χ0n) is 14.7. The lowest BCUT2D eigenvalue weighted by atomic mass is 9.95. The van der Waals surface area contributed by atoms with Crippen LogP contribution in [0.1, 0.15) is 29.3 Å². The lowest BCUT2D eigenvalue weighted by Gasteiger charge is -2.18. The smallest absolute Gasteiger partial charge is 0.226 e. The van der Waals surface area contributed by atoms with E-state index >= 15 is 0 Å². The summed E-state index contributed by atoms with van der Waals surface area (Å²) in [6, 6.07) is 5.02. The Morgan fingerprint density at radius 2 is 2.32 bits per heavy atom. The topological polar surface area (TPSA) is 85.6 Å². The van der Waals surface area contributed by atoms with Crippen molar-refractivity contribution >= 4 is 5.91 Å². The number of methoxy groups -OCH3 is 1. The molecule has 0 saturated carbocycles. The van der Waals surface area contributed by atoms with Crippen LogP contribution in [-0.4, -0.2) is 34.5 Å². The van der Waals surface area contributed by atoms with Crippen molar-refractivity contribution in [2.75, 3.05) is 13.7 Å². The first-order chi connectivity index (χ1) is 12.0. The van der Waals surface area contributed by atoms with Crippen LogP contribution in [0.25, 0.3) is 0 Å². The van der Waals surface area contributed by atoms with Gasteiger partial charge in [0.05, 0.1) is 25.3 Å². The zero-order chi connectivity index (χ0) is 18.0. The quantitative estimate of drug-likeness (QED) is 0.864. The second-order valence-electron chi connectivity index (χ2n) is 6.22. The molecule has 0 spiro atoms. The first-order valence-electron chi connectivity index (χ1n) is 8.25. The van der Waals surface area contributed by atoms with Gasteiger partial charge in [0.25, 0.3) is 0 Å². The Morgan fingerprint density at radius 1 is 1.52 bits per heavy atom. The fourth-order valence-electron chi connectivity index (χ4n) is 3.11. The Bertz CT molecular complexity index is 772. The minimum absolute atomic E-state index is 0.0437. The Balaban J connectivity index is 1.67. The van der Waals surface area contributed by atoms with Crippen LogP contribution in [0.5, 0.6) is 11.5 Å². The number of hydrogen-bond acceptors (Lipinski definition) is 5. The number of nitrogens with zero attached hydrogens (tertiary/aromatic N) is 2. The van der Waals surface area contributed by atoms with Gasteiger partial charge < -0.3 is 19.9 Å². The van der Waals surface area contributed by atoms with E-state index in [0.29, 0.717) is 25.3 Å². The molecule has 1 aliphatic rings. The van der Waals surface area contributed by atoms with E-state index in [9.17, 15) is 9.90 Å². The maximum atomic E-state index is 12.6. The maximum Gasteiger partial charge on any atom is 0.226 e. The summed E-state index contributed by atoms with van der Waals surface area (Å²) in [5, 5.41) is 16.8. The lowest BCUT2D eigenvalue weighted by Crippen LogP contribution is -2.32. The van der Waals surface area contributed by atoms with Crippen molar-refractivity contribution < 1.29 is 19.4 Å². The predicted octanol–water partition coefficient (Wildman–Crippen LogP) is 1.84. The number of aromatic nitrogens is 2. The highest BCUT2D eigenvalue weighted by Gasteiger charge is 2.36. The Morgan fingerprint density at radius 3 is 3.00 bits per heavy atom. The van der Waals surface area contributed by atoms with E-state index in [1.807, 2.05) is 14.0 Å². The molecule has 1 amide bonds. The number of aryl methyl sites for hydroxylation is 1. The summed E-state index contributed by atoms with van der Waals surface area (Å²) in [5.74, 6) is 0.188. The molecule has 1 aromatic carbocycles. The van der Waals surface area contributed by atoms with E-state index in [0.717, 1.165) is 16.8 Å². The number of carbonyl (C=O) groups is 1. The van der Waals surface area contributed by atoms with Crippen LogP contribution in [0.2, 0.25) is 0 Å². The second-order valence-corrected chi connectivity index (χ2v) is 6.22. The molecule has 25 heavy (non-hydrogen) atoms. The fraction of sp³-hybridized carbons (Fsp3) is 0.444. The van der Waals surface area contributed by atoms with Crippen molar-refractivity contribution in [3.63, 3.8) is 0 Å². The van der Waals surface area contributed by atoms with Crippen molar-refractivity contribution in [1.82, 2.24) is 15.1 Å². The largest absolute Gasteiger partial charge is 0.504 e. The molecule has 7 heteroatoms. The molecule has 1 fully saturated rings. The minimum atomic E-state index is -0.261. The minimum Gasteiger partial charge on any atom is -0.504 e. The zero-order valence-corrected chi connectivity index (χ0v) is 14.7. The second kappa shape index (κ2) is 7.14. The molecule has 2 heterocycles. The molecule has 7 nitrogen and oxygen atoms in total. The van der Waals surface area contributed by atoms with Crippen molar-refractivity contribution in [2.45, 2.75) is 26.0 Å². The molecule has 0 radical (unpaired) electrons. The normalized spacial score (nSPS) is 19.8. The number of phenolic OH excluding ortho intramolecular Hbond substituents is 1. The number of amides is 1. The van der Waals surface area contributed by atoms with Crippen LogP contribution in [-0.2, 0) is 23.1 Å². The number of nitrogens with one attached hydrogen (secondary N) is 1. The Hall–Kier alpha value is -2.54. The third-order valence-electron chi connectivity index (χ3n) is 4.72. The molecular weight excluding hydrogens is 322 g/mol. The van der Waals surface area contributed by atoms with Crippen molar-refractivity contribution in [2.24, 2.45) is 13.0 Å². The van der Waals surface area contributed by atoms with E-state index in [2.05, 4.69) is 10.4 Å². The average molecular weight is 345 g/mol. The highest BCUT2D eigenvalue weighted by molar-refractivity contribution is 5.79. The van der Waals surface area contributed by atoms with Gasteiger partial charge in [-0.1, -0.05) is 6.07 Å². The predicted molar refractivity (Wildman–Crippen MR) is 91.3 cm³/mol. The molecule has 0 unspecified atom stereocenters. The van der Waals surface area contributed by atoms with Gasteiger partial charge in [0, 0.05) is 31.5 Å². The van der Waals surface area contributed by atoms with E-state index in [-0.39, 0.29) is 23.7 Å². The molecule has 2 N–H and O–H groups in total. The summed E-state index contributed by atoms with van der Waals surface area (Å²) in [6.07, 6.45) is 2.20. The van der Waals surface area contributed by atoms with Crippen molar-refractivity contribution in [3.8, 4) is 11.5 Å². The van der Waals surface area contributed by atoms with Crippen LogP contribution in [0.15, 0.2) is 24.4 Å². The molecule has 1 saturated heterocycles. The van der Waals surface area contributed by atoms with Gasteiger partial charge in [-0.2, -0.15) is 5.10 Å². The van der Waals surface area contributed by atoms with Crippen LogP contribution in [0.4, 0.5) is 0 Å². The molecule has 134 valence electrons. The van der Waals surface area contributed by atoms with Gasteiger partial charge in [-0.3, -0.25) is 9.48 Å². The first kappa shape index (κ1) is 17.3. The number of ether oxygens (including phenoxy) is 2. The number of rotatable bonds is 5. The van der Waals surface area contributed by atoms with Gasteiger partial charge in [0.1, 0.15) is 0 Å². The van der Waals surface area contributed by atoms with E-state index in [1.165, 1.54) is 7.11 Å². The van der Waals surface area contributed by atoms with Gasteiger partial charge in [-0.25, -0.2) is 0 Å². The number of benzene rings is 1. The van der Waals surface area contributed by atoms with E-state index in [1.54, 1.807) is 29.1 Å². The van der Waals surface area contributed by atoms with Gasteiger partial charge >= 0.3 is 0 Å².